The number of sulfonamides is 1. The zero-order valence-electron chi connectivity index (χ0n) is 13.8. The van der Waals surface area contributed by atoms with Crippen LogP contribution in [0.4, 0.5) is 0 Å². The number of benzene rings is 2. The van der Waals surface area contributed by atoms with Crippen molar-refractivity contribution in [2.24, 2.45) is 0 Å². The van der Waals surface area contributed by atoms with E-state index in [4.69, 9.17) is 4.74 Å². The Bertz CT molecular complexity index is 890. The van der Waals surface area contributed by atoms with E-state index < -0.39 is 16.0 Å². The molecule has 2 aromatic carbocycles. The summed E-state index contributed by atoms with van der Waals surface area (Å²) in [6, 6.07) is 13.4. The second-order valence-corrected chi connectivity index (χ2v) is 7.85. The van der Waals surface area contributed by atoms with Gasteiger partial charge in [-0.3, -0.25) is 4.72 Å². The molecule has 2 aromatic rings. The topological polar surface area (TPSA) is 72.5 Å². The van der Waals surface area contributed by atoms with Gasteiger partial charge in [-0.05, 0) is 43.7 Å². The van der Waals surface area contributed by atoms with Crippen molar-refractivity contribution in [3.05, 3.63) is 70.3 Å². The van der Waals surface area contributed by atoms with Crippen LogP contribution < -0.4 is 4.72 Å². The highest BCUT2D eigenvalue weighted by Gasteiger charge is 2.17. The van der Waals surface area contributed by atoms with E-state index in [1.165, 1.54) is 12.1 Å². The van der Waals surface area contributed by atoms with E-state index in [0.717, 1.165) is 16.2 Å². The fourth-order valence-electron chi connectivity index (χ4n) is 2.05. The molecule has 0 bridgehead atoms. The Balaban J connectivity index is 2.37. The van der Waals surface area contributed by atoms with Crippen molar-refractivity contribution in [3.8, 4) is 0 Å². The summed E-state index contributed by atoms with van der Waals surface area (Å²) in [5.74, 6) is -0.604. The van der Waals surface area contributed by atoms with Gasteiger partial charge in [-0.25, -0.2) is 13.2 Å². The number of carbonyl (C=O) groups is 1. The lowest BCUT2D eigenvalue weighted by Gasteiger charge is -2.10. The maximum atomic E-state index is 12.4. The molecule has 2 rings (SSSR count). The van der Waals surface area contributed by atoms with Crippen LogP contribution in [0.5, 0.6) is 0 Å². The van der Waals surface area contributed by atoms with Crippen LogP contribution in [0.15, 0.2) is 64.1 Å². The first kappa shape index (κ1) is 19.2. The minimum atomic E-state index is -3.78. The van der Waals surface area contributed by atoms with Crippen molar-refractivity contribution in [2.45, 2.75) is 18.7 Å². The molecule has 0 unspecified atom stereocenters. The molecular formula is C18H18BrNO4S. The molecule has 0 aliphatic heterocycles. The van der Waals surface area contributed by atoms with Crippen LogP contribution in [0.3, 0.4) is 0 Å². The van der Waals surface area contributed by atoms with Crippen molar-refractivity contribution in [1.29, 1.82) is 0 Å². The molecule has 0 heterocycles. The summed E-state index contributed by atoms with van der Waals surface area (Å²) in [6.07, 6.45) is 1.16. The van der Waals surface area contributed by atoms with Crippen LogP contribution >= 0.6 is 15.9 Å². The standard InChI is InChI=1S/C18H18BrNO4S/c1-3-24-18(21)17(14-5-4-6-15(19)11-14)12-20-25(22,23)16-9-7-13(2)8-10-16/h4-12,20H,3H2,1-2H3/b17-12+. The Morgan fingerprint density at radius 1 is 1.20 bits per heavy atom. The lowest BCUT2D eigenvalue weighted by molar-refractivity contribution is -0.136. The number of hydrogen-bond acceptors (Lipinski definition) is 4. The summed E-state index contributed by atoms with van der Waals surface area (Å²) in [5, 5.41) is 0. The Hall–Kier alpha value is -2.12. The highest BCUT2D eigenvalue weighted by atomic mass is 79.9. The summed E-state index contributed by atoms with van der Waals surface area (Å²) < 4.78 is 33.0. The van der Waals surface area contributed by atoms with Crippen molar-refractivity contribution < 1.29 is 17.9 Å². The zero-order valence-corrected chi connectivity index (χ0v) is 16.2. The molecule has 0 spiro atoms. The maximum Gasteiger partial charge on any atom is 0.340 e. The molecule has 7 heteroatoms. The van der Waals surface area contributed by atoms with E-state index >= 15 is 0 Å². The number of carbonyl (C=O) groups excluding carboxylic acids is 1. The highest BCUT2D eigenvalue weighted by Crippen LogP contribution is 2.21. The minimum absolute atomic E-state index is 0.117. The van der Waals surface area contributed by atoms with E-state index in [0.29, 0.717) is 5.56 Å². The molecule has 5 nitrogen and oxygen atoms in total. The monoisotopic (exact) mass is 423 g/mol. The molecule has 0 radical (unpaired) electrons. The average Bonchev–Trinajstić information content (AvgIpc) is 2.55. The second kappa shape index (κ2) is 8.31. The van der Waals surface area contributed by atoms with Crippen molar-refractivity contribution in [3.63, 3.8) is 0 Å². The molecule has 132 valence electrons. The Morgan fingerprint density at radius 3 is 2.48 bits per heavy atom. The Labute approximate surface area is 155 Å². The summed E-state index contributed by atoms with van der Waals surface area (Å²) in [4.78, 5) is 12.3. The number of rotatable bonds is 6. The van der Waals surface area contributed by atoms with Gasteiger partial charge in [-0.1, -0.05) is 45.8 Å². The van der Waals surface area contributed by atoms with Gasteiger partial charge >= 0.3 is 5.97 Å². The Morgan fingerprint density at radius 2 is 1.88 bits per heavy atom. The quantitative estimate of drug-likeness (QED) is 0.568. The number of halogens is 1. The van der Waals surface area contributed by atoms with E-state index in [2.05, 4.69) is 20.7 Å². The molecule has 0 aliphatic rings. The van der Waals surface area contributed by atoms with Crippen molar-refractivity contribution in [2.75, 3.05) is 6.61 Å². The fourth-order valence-corrected chi connectivity index (χ4v) is 3.35. The highest BCUT2D eigenvalue weighted by molar-refractivity contribution is 9.10. The number of esters is 1. The van der Waals surface area contributed by atoms with Gasteiger partial charge in [0.1, 0.15) is 0 Å². The summed E-state index contributed by atoms with van der Waals surface area (Å²) in [5.41, 5.74) is 1.62. The van der Waals surface area contributed by atoms with E-state index in [-0.39, 0.29) is 17.1 Å². The summed E-state index contributed by atoms with van der Waals surface area (Å²) >= 11 is 3.33. The first-order chi connectivity index (χ1) is 11.8. The molecule has 0 saturated heterocycles. The van der Waals surface area contributed by atoms with Gasteiger partial charge in [0.05, 0.1) is 17.1 Å². The first-order valence-corrected chi connectivity index (χ1v) is 9.83. The van der Waals surface area contributed by atoms with Gasteiger partial charge < -0.3 is 4.74 Å². The van der Waals surface area contributed by atoms with Gasteiger partial charge in [0.15, 0.2) is 0 Å². The van der Waals surface area contributed by atoms with Crippen LogP contribution in [0.2, 0.25) is 0 Å². The predicted octanol–water partition coefficient (Wildman–Crippen LogP) is 3.64. The zero-order chi connectivity index (χ0) is 18.4. The van der Waals surface area contributed by atoms with Gasteiger partial charge in [0.25, 0.3) is 10.0 Å². The molecule has 1 N–H and O–H groups in total. The van der Waals surface area contributed by atoms with Crippen LogP contribution in [-0.2, 0) is 19.6 Å². The molecule has 0 aromatic heterocycles. The Kier molecular flexibility index (Phi) is 6.39. The molecule has 0 atom stereocenters. The van der Waals surface area contributed by atoms with Crippen molar-refractivity contribution in [1.82, 2.24) is 4.72 Å². The maximum absolute atomic E-state index is 12.4. The van der Waals surface area contributed by atoms with Gasteiger partial charge in [0, 0.05) is 10.7 Å². The number of hydrogen-bond donors (Lipinski definition) is 1. The second-order valence-electron chi connectivity index (χ2n) is 5.22. The predicted molar refractivity (Wildman–Crippen MR) is 100 cm³/mol. The number of aryl methyl sites for hydroxylation is 1. The minimum Gasteiger partial charge on any atom is -0.462 e. The van der Waals surface area contributed by atoms with E-state index in [1.807, 2.05) is 13.0 Å². The van der Waals surface area contributed by atoms with Crippen LogP contribution in [0.1, 0.15) is 18.1 Å². The average molecular weight is 424 g/mol. The van der Waals surface area contributed by atoms with Crippen LogP contribution in [0.25, 0.3) is 5.57 Å². The normalized spacial score (nSPS) is 11.9. The van der Waals surface area contributed by atoms with Gasteiger partial charge in [-0.2, -0.15) is 0 Å². The van der Waals surface area contributed by atoms with Gasteiger partial charge in [-0.15, -0.1) is 0 Å². The van der Waals surface area contributed by atoms with E-state index in [9.17, 15) is 13.2 Å². The SMILES string of the molecule is CCOC(=O)/C(=C/NS(=O)(=O)c1ccc(C)cc1)c1cccc(Br)c1. The van der Waals surface area contributed by atoms with Crippen molar-refractivity contribution >= 4 is 37.5 Å². The third-order valence-corrected chi connectivity index (χ3v) is 5.13. The van der Waals surface area contributed by atoms with Crippen LogP contribution in [-0.4, -0.2) is 21.0 Å². The summed E-state index contributed by atoms with van der Waals surface area (Å²) in [6.45, 7) is 3.75. The molecular weight excluding hydrogens is 406 g/mol. The third-order valence-electron chi connectivity index (χ3n) is 3.32. The van der Waals surface area contributed by atoms with Gasteiger partial charge in [0.2, 0.25) is 0 Å². The lowest BCUT2D eigenvalue weighted by Crippen LogP contribution is -2.20. The first-order valence-electron chi connectivity index (χ1n) is 7.55. The summed E-state index contributed by atoms with van der Waals surface area (Å²) in [7, 11) is -3.78. The molecule has 0 fully saturated rings. The number of nitrogens with one attached hydrogen (secondary N) is 1. The largest absolute Gasteiger partial charge is 0.462 e. The lowest BCUT2D eigenvalue weighted by atomic mass is 10.1. The third kappa shape index (κ3) is 5.17. The molecule has 25 heavy (non-hydrogen) atoms. The molecule has 0 amide bonds. The number of ether oxygens (including phenoxy) is 1. The molecule has 0 saturated carbocycles. The van der Waals surface area contributed by atoms with E-state index in [1.54, 1.807) is 37.3 Å². The smallest absolute Gasteiger partial charge is 0.340 e. The fraction of sp³-hybridized carbons (Fsp3) is 0.167. The molecule has 0 aliphatic carbocycles. The van der Waals surface area contributed by atoms with Crippen LogP contribution in [0, 0.1) is 6.92 Å².